The lowest BCUT2D eigenvalue weighted by Gasteiger charge is -2.23. The van der Waals surface area contributed by atoms with Gasteiger partial charge in [0.25, 0.3) is 0 Å². The van der Waals surface area contributed by atoms with Crippen molar-refractivity contribution in [2.45, 2.75) is 33.1 Å². The third-order valence-corrected chi connectivity index (χ3v) is 4.19. The Morgan fingerprint density at radius 1 is 1.19 bits per heavy atom. The highest BCUT2D eigenvalue weighted by Gasteiger charge is 2.49. The highest BCUT2D eigenvalue weighted by molar-refractivity contribution is 6.22. The molecule has 1 saturated heterocycles. The molecule has 1 aromatic rings. The zero-order chi connectivity index (χ0) is 15.5. The molecule has 0 aromatic heterocycles. The first kappa shape index (κ1) is 15.3. The number of hydrogen-bond donors (Lipinski definition) is 1. The molecule has 0 saturated carbocycles. The number of hydrogen-bond acceptors (Lipinski definition) is 3. The Kier molecular flexibility index (Phi) is 4.44. The van der Waals surface area contributed by atoms with Gasteiger partial charge in [0.1, 0.15) is 6.61 Å². The fourth-order valence-electron chi connectivity index (χ4n) is 2.69. The molecule has 4 nitrogen and oxygen atoms in total. The van der Waals surface area contributed by atoms with Crippen LogP contribution in [0.3, 0.4) is 0 Å². The van der Waals surface area contributed by atoms with Crippen LogP contribution in [0.25, 0.3) is 0 Å². The summed E-state index contributed by atoms with van der Waals surface area (Å²) in [5.74, 6) is 5.10. The van der Waals surface area contributed by atoms with Crippen molar-refractivity contribution in [1.82, 2.24) is 0 Å². The molecule has 0 atom stereocenters. The van der Waals surface area contributed by atoms with Gasteiger partial charge in [0.15, 0.2) is 0 Å². The van der Waals surface area contributed by atoms with Crippen LogP contribution in [0.2, 0.25) is 0 Å². The minimum Gasteiger partial charge on any atom is -0.384 e. The topological polar surface area (TPSA) is 57.6 Å². The minimum absolute atomic E-state index is 0.105. The van der Waals surface area contributed by atoms with Gasteiger partial charge < -0.3 is 5.11 Å². The molecular formula is C17H19NO3. The maximum Gasteiger partial charge on any atom is 0.240 e. The smallest absolute Gasteiger partial charge is 0.240 e. The zero-order valence-electron chi connectivity index (χ0n) is 12.3. The van der Waals surface area contributed by atoms with Gasteiger partial charge in [-0.15, -0.1) is 0 Å². The van der Waals surface area contributed by atoms with Crippen LogP contribution in [0.5, 0.6) is 0 Å². The second-order valence-corrected chi connectivity index (χ2v) is 5.21. The van der Waals surface area contributed by atoms with Crippen molar-refractivity contribution in [3.8, 4) is 11.8 Å². The van der Waals surface area contributed by atoms with Gasteiger partial charge in [0.05, 0.1) is 11.1 Å². The number of rotatable bonds is 3. The lowest BCUT2D eigenvalue weighted by molar-refractivity contribution is -0.126. The van der Waals surface area contributed by atoms with Crippen molar-refractivity contribution in [3.63, 3.8) is 0 Å². The number of aliphatic hydroxyl groups excluding tert-OH is 1. The van der Waals surface area contributed by atoms with Gasteiger partial charge in [0.2, 0.25) is 11.8 Å². The highest BCUT2D eigenvalue weighted by Crippen LogP contribution is 2.41. The molecule has 1 aliphatic heterocycles. The van der Waals surface area contributed by atoms with Crippen LogP contribution in [-0.2, 0) is 9.59 Å². The Hall–Kier alpha value is -2.12. The summed E-state index contributed by atoms with van der Waals surface area (Å²) in [7, 11) is 0. The Balaban J connectivity index is 2.30. The second-order valence-electron chi connectivity index (χ2n) is 5.21. The Bertz CT molecular complexity index is 603. The number of aliphatic hydroxyl groups is 1. The average molecular weight is 285 g/mol. The summed E-state index contributed by atoms with van der Waals surface area (Å²) < 4.78 is 0. The molecule has 1 aromatic carbocycles. The predicted octanol–water partition coefficient (Wildman–Crippen LogP) is 2.10. The molecule has 1 N–H and O–H groups in total. The zero-order valence-corrected chi connectivity index (χ0v) is 12.3. The monoisotopic (exact) mass is 285 g/mol. The van der Waals surface area contributed by atoms with E-state index in [0.29, 0.717) is 18.5 Å². The summed E-state index contributed by atoms with van der Waals surface area (Å²) in [5, 5.41) is 8.66. The van der Waals surface area contributed by atoms with Gasteiger partial charge in [-0.3, -0.25) is 14.5 Å². The lowest BCUT2D eigenvalue weighted by atomic mass is 9.81. The first-order chi connectivity index (χ1) is 10.1. The molecule has 2 amide bonds. The molecule has 0 spiro atoms. The van der Waals surface area contributed by atoms with E-state index in [1.54, 1.807) is 24.3 Å². The minimum atomic E-state index is -0.549. The fraction of sp³-hybridized carbons (Fsp3) is 0.412. The largest absolute Gasteiger partial charge is 0.384 e. The van der Waals surface area contributed by atoms with Crippen molar-refractivity contribution in [3.05, 3.63) is 29.8 Å². The first-order valence-corrected chi connectivity index (χ1v) is 7.15. The second kappa shape index (κ2) is 6.11. The van der Waals surface area contributed by atoms with Gasteiger partial charge in [0, 0.05) is 12.0 Å². The van der Waals surface area contributed by atoms with E-state index in [2.05, 4.69) is 11.8 Å². The summed E-state index contributed by atoms with van der Waals surface area (Å²) in [5.41, 5.74) is 0.777. The van der Waals surface area contributed by atoms with Gasteiger partial charge in [-0.05, 0) is 37.1 Å². The van der Waals surface area contributed by atoms with Crippen molar-refractivity contribution in [2.75, 3.05) is 11.5 Å². The third-order valence-electron chi connectivity index (χ3n) is 4.19. The molecule has 0 bridgehead atoms. The van der Waals surface area contributed by atoms with Crippen LogP contribution < -0.4 is 4.90 Å². The quantitative estimate of drug-likeness (QED) is 0.683. The molecule has 0 unspecified atom stereocenters. The molecule has 110 valence electrons. The van der Waals surface area contributed by atoms with Gasteiger partial charge in [-0.2, -0.15) is 0 Å². The molecule has 21 heavy (non-hydrogen) atoms. The number of carbonyl (C=O) groups is 2. The molecule has 2 rings (SSSR count). The fourth-order valence-corrected chi connectivity index (χ4v) is 2.69. The Labute approximate surface area is 124 Å². The van der Waals surface area contributed by atoms with Gasteiger partial charge in [-0.1, -0.05) is 25.7 Å². The average Bonchev–Trinajstić information content (AvgIpc) is 2.77. The van der Waals surface area contributed by atoms with Crippen LogP contribution in [0.15, 0.2) is 24.3 Å². The van der Waals surface area contributed by atoms with Crippen LogP contribution >= 0.6 is 0 Å². The van der Waals surface area contributed by atoms with E-state index in [0.717, 1.165) is 5.56 Å². The maximum absolute atomic E-state index is 12.6. The number of benzene rings is 1. The normalized spacial score (nSPS) is 16.8. The molecule has 1 heterocycles. The summed E-state index contributed by atoms with van der Waals surface area (Å²) in [6.07, 6.45) is 1.63. The summed E-state index contributed by atoms with van der Waals surface area (Å²) in [6.45, 7) is 3.71. The highest BCUT2D eigenvalue weighted by atomic mass is 16.2. The van der Waals surface area contributed by atoms with Crippen LogP contribution in [0.1, 0.15) is 38.7 Å². The van der Waals surface area contributed by atoms with E-state index in [4.69, 9.17) is 5.11 Å². The Morgan fingerprint density at radius 3 is 2.29 bits per heavy atom. The molecule has 1 fully saturated rings. The van der Waals surface area contributed by atoms with E-state index < -0.39 is 5.41 Å². The number of carbonyl (C=O) groups excluding carboxylic acids is 2. The number of amides is 2. The Morgan fingerprint density at radius 2 is 1.81 bits per heavy atom. The van der Waals surface area contributed by atoms with Crippen LogP contribution in [0.4, 0.5) is 5.69 Å². The third kappa shape index (κ3) is 2.70. The number of anilines is 1. The van der Waals surface area contributed by atoms with E-state index in [-0.39, 0.29) is 24.8 Å². The molecule has 4 heteroatoms. The van der Waals surface area contributed by atoms with E-state index in [9.17, 15) is 9.59 Å². The van der Waals surface area contributed by atoms with Crippen molar-refractivity contribution >= 4 is 17.5 Å². The standard InChI is InChI=1S/C17H19NO3/c1-3-17(4-2)12-15(20)18(16(17)21)14-9-7-13(8-10-14)6-5-11-19/h7-10,19H,3-4,11-12H2,1-2H3. The van der Waals surface area contributed by atoms with E-state index in [1.165, 1.54) is 4.90 Å². The summed E-state index contributed by atoms with van der Waals surface area (Å²) in [6, 6.07) is 6.93. The predicted molar refractivity (Wildman–Crippen MR) is 80.5 cm³/mol. The number of nitrogens with zero attached hydrogens (tertiary/aromatic N) is 1. The van der Waals surface area contributed by atoms with Crippen molar-refractivity contribution < 1.29 is 14.7 Å². The first-order valence-electron chi connectivity index (χ1n) is 7.15. The van der Waals surface area contributed by atoms with Gasteiger partial charge >= 0.3 is 0 Å². The number of imide groups is 1. The van der Waals surface area contributed by atoms with Crippen LogP contribution in [-0.4, -0.2) is 23.5 Å². The van der Waals surface area contributed by atoms with Crippen molar-refractivity contribution in [2.24, 2.45) is 5.41 Å². The SMILES string of the molecule is CCC1(CC)CC(=O)N(c2ccc(C#CCO)cc2)C1=O. The van der Waals surface area contributed by atoms with Crippen molar-refractivity contribution in [1.29, 1.82) is 0 Å². The summed E-state index contributed by atoms with van der Waals surface area (Å²) >= 11 is 0. The van der Waals surface area contributed by atoms with Gasteiger partial charge in [-0.25, -0.2) is 0 Å². The molecule has 0 radical (unpaired) electrons. The summed E-state index contributed by atoms with van der Waals surface area (Å²) in [4.78, 5) is 26.1. The van der Waals surface area contributed by atoms with E-state index >= 15 is 0 Å². The van der Waals surface area contributed by atoms with Crippen LogP contribution in [0, 0.1) is 17.3 Å². The molecule has 1 aliphatic rings. The molecular weight excluding hydrogens is 266 g/mol. The lowest BCUT2D eigenvalue weighted by Crippen LogP contribution is -2.35. The van der Waals surface area contributed by atoms with E-state index in [1.807, 2.05) is 13.8 Å². The molecule has 0 aliphatic carbocycles. The maximum atomic E-state index is 12.6.